The number of nitrogens with one attached hydrogen (secondary N) is 1. The molecule has 4 nitrogen and oxygen atoms in total. The van der Waals surface area contributed by atoms with E-state index in [1.807, 2.05) is 5.79 Å². The van der Waals surface area contributed by atoms with Crippen LogP contribution in [0.5, 0.6) is 0 Å². The van der Waals surface area contributed by atoms with Gasteiger partial charge in [-0.3, -0.25) is 0 Å². The summed E-state index contributed by atoms with van der Waals surface area (Å²) in [6.07, 6.45) is 0. The van der Waals surface area contributed by atoms with Gasteiger partial charge in [0.1, 0.15) is 0 Å². The van der Waals surface area contributed by atoms with Crippen LogP contribution in [0.4, 0.5) is 0 Å². The summed E-state index contributed by atoms with van der Waals surface area (Å²) < 4.78 is 2.52. The van der Waals surface area contributed by atoms with Crippen LogP contribution in [0, 0.1) is 0 Å². The molecule has 0 saturated heterocycles. The minimum absolute atomic E-state index is 0.0153. The lowest BCUT2D eigenvalue weighted by atomic mass is 11.3. The van der Waals surface area contributed by atoms with Crippen LogP contribution < -0.4 is 10.4 Å². The van der Waals surface area contributed by atoms with E-state index in [2.05, 4.69) is 15.9 Å². The molecule has 1 aromatic heterocycles. The summed E-state index contributed by atoms with van der Waals surface area (Å²) >= 11 is -0.726. The molecule has 1 N–H and O–H groups in total. The first-order valence-corrected chi connectivity index (χ1v) is 7.60. The molecular weight excluding hydrogens is 160 g/mol. The summed E-state index contributed by atoms with van der Waals surface area (Å²) in [6.45, 7) is 0. The van der Waals surface area contributed by atoms with E-state index in [1.54, 1.807) is 3.67 Å². The highest BCUT2D eigenvalue weighted by molar-refractivity contribution is 6.49. The van der Waals surface area contributed by atoms with Gasteiger partial charge in [-0.15, -0.1) is 5.79 Å². The minimum atomic E-state index is -0.442. The second-order valence-corrected chi connectivity index (χ2v) is 4.65. The number of aromatic nitrogens is 3. The van der Waals surface area contributed by atoms with E-state index in [0.29, 0.717) is 0 Å². The van der Waals surface area contributed by atoms with E-state index < -0.39 is 15.4 Å². The number of rotatable bonds is 2. The van der Waals surface area contributed by atoms with Crippen molar-refractivity contribution in [2.24, 2.45) is 0 Å². The van der Waals surface area contributed by atoms with Gasteiger partial charge in [-0.2, -0.15) is 0 Å². The van der Waals surface area contributed by atoms with Gasteiger partial charge in [-0.25, -0.2) is 9.89 Å². The van der Waals surface area contributed by atoms with Gasteiger partial charge in [0.25, 0.3) is 0 Å². The molecule has 0 amide bonds. The Morgan fingerprint density at radius 1 is 1.60 bits per heavy atom. The molecule has 0 radical (unpaired) electrons. The molecule has 0 unspecified atom stereocenters. The van der Waals surface area contributed by atoms with Gasteiger partial charge in [0.2, 0.25) is 0 Å². The van der Waals surface area contributed by atoms with E-state index in [-0.39, 0.29) is 20.9 Å². The summed E-state index contributed by atoms with van der Waals surface area (Å²) in [4.78, 5) is 13.7. The average Bonchev–Trinajstić information content (AvgIpc) is 2.30. The van der Waals surface area contributed by atoms with Crippen molar-refractivity contribution >= 4 is 35.3 Å². The SMILES string of the molecule is [CH3][AlH][c]1n[n]([AlH][CH3])c(=O)[nH]1. The highest BCUT2D eigenvalue weighted by Gasteiger charge is 2.01. The van der Waals surface area contributed by atoms with Gasteiger partial charge in [-0.05, 0) is 0 Å². The summed E-state index contributed by atoms with van der Waals surface area (Å²) in [7, 11) is 0. The maximum Gasteiger partial charge on any atom is 0.426 e. The Kier molecular flexibility index (Phi) is 2.77. The third-order valence-corrected chi connectivity index (χ3v) is 3.38. The quantitative estimate of drug-likeness (QED) is 0.517. The van der Waals surface area contributed by atoms with Crippen molar-refractivity contribution in [1.29, 1.82) is 0 Å². The molecule has 0 aromatic carbocycles. The van der Waals surface area contributed by atoms with Crippen molar-refractivity contribution in [3.8, 4) is 0 Å². The van der Waals surface area contributed by atoms with Gasteiger partial charge in [-0.1, -0.05) is 5.79 Å². The first kappa shape index (κ1) is 8.10. The smallest absolute Gasteiger partial charge is 0.318 e. The molecule has 0 aliphatic rings. The second-order valence-electron chi connectivity index (χ2n) is 2.05. The van der Waals surface area contributed by atoms with Gasteiger partial charge in [0.15, 0.2) is 0 Å². The standard InChI is InChI=1S/C2H2N3O.2CH3.2Al.2H/c6-2-3-1-4-5-2;;;;;;/h(H2,3,4,5,6);2*1H3;;;;/q;;;;+1;;/p-1. The van der Waals surface area contributed by atoms with Crippen LogP contribution in [0.3, 0.4) is 0 Å². The Hall–Kier alpha value is 0.00494. The molecule has 1 rings (SSSR count). The molecule has 0 bridgehead atoms. The number of aromatic amines is 1. The summed E-state index contributed by atoms with van der Waals surface area (Å²) in [6, 6.07) is 0. The molecule has 0 fully saturated rings. The van der Waals surface area contributed by atoms with Crippen LogP contribution in [0.25, 0.3) is 0 Å². The monoisotopic (exact) mass is 169 g/mol. The number of H-pyrrole nitrogens is 1. The first-order valence-electron chi connectivity index (χ1n) is 3.44. The topological polar surface area (TPSA) is 50.7 Å². The van der Waals surface area contributed by atoms with Gasteiger partial charge >= 0.3 is 36.3 Å². The van der Waals surface area contributed by atoms with Gasteiger partial charge < -0.3 is 8.65 Å². The average molecular weight is 169 g/mol. The second kappa shape index (κ2) is 3.41. The number of hydrogen-bond donors (Lipinski definition) is 1. The normalized spacial score (nSPS) is 9.40. The van der Waals surface area contributed by atoms with Crippen LogP contribution in [0.2, 0.25) is 11.6 Å². The molecule has 6 heteroatoms. The fourth-order valence-corrected chi connectivity index (χ4v) is 2.30. The summed E-state index contributed by atoms with van der Waals surface area (Å²) in [5.74, 6) is 4.16. The highest BCUT2D eigenvalue weighted by atomic mass is 27.1. The van der Waals surface area contributed by atoms with Gasteiger partial charge in [0, 0.05) is 4.69 Å². The molecule has 52 valence electrons. The Bertz CT molecular complexity index is 266. The van der Waals surface area contributed by atoms with Gasteiger partial charge in [0.05, 0.1) is 0 Å². The third kappa shape index (κ3) is 1.53. The van der Waals surface area contributed by atoms with E-state index in [4.69, 9.17) is 0 Å². The minimum Gasteiger partial charge on any atom is -0.318 e. The van der Waals surface area contributed by atoms with Crippen LogP contribution >= 0.6 is 0 Å². The van der Waals surface area contributed by atoms with Crippen molar-refractivity contribution in [1.82, 2.24) is 13.7 Å². The van der Waals surface area contributed by atoms with Crippen LogP contribution in [0.15, 0.2) is 4.79 Å². The van der Waals surface area contributed by atoms with E-state index >= 15 is 0 Å². The molecular formula is C4H9Al2N3O. The molecule has 0 spiro atoms. The number of hydrogen-bond acceptors (Lipinski definition) is 2. The van der Waals surface area contributed by atoms with E-state index in [0.717, 1.165) is 4.69 Å². The summed E-state index contributed by atoms with van der Waals surface area (Å²) in [5, 5.41) is 4.12. The Labute approximate surface area is 71.3 Å². The Balaban J connectivity index is 3.04. The predicted octanol–water partition coefficient (Wildman–Crippen LogP) is -2.07. The molecule has 1 aromatic rings. The molecule has 1 heterocycles. The lowest BCUT2D eigenvalue weighted by Crippen LogP contribution is -2.20. The molecule has 10 heavy (non-hydrogen) atoms. The van der Waals surface area contributed by atoms with Crippen LogP contribution in [-0.4, -0.2) is 44.4 Å². The molecule has 0 aliphatic heterocycles. The van der Waals surface area contributed by atoms with Crippen LogP contribution in [-0.2, 0) is 0 Å². The highest BCUT2D eigenvalue weighted by Crippen LogP contribution is 1.62. The maximum absolute atomic E-state index is 10.9. The molecule has 0 atom stereocenters. The first-order chi connectivity index (χ1) is 4.77. The summed E-state index contributed by atoms with van der Waals surface area (Å²) in [5.41, 5.74) is -0.0153. The predicted molar refractivity (Wildman–Crippen MR) is 43.9 cm³/mol. The van der Waals surface area contributed by atoms with Crippen molar-refractivity contribution in [2.75, 3.05) is 0 Å². The zero-order valence-corrected chi connectivity index (χ0v) is 9.05. The van der Waals surface area contributed by atoms with E-state index in [1.165, 1.54) is 0 Å². The van der Waals surface area contributed by atoms with Crippen molar-refractivity contribution in [3.63, 3.8) is 0 Å². The lowest BCUT2D eigenvalue weighted by molar-refractivity contribution is 0.942. The fourth-order valence-electron chi connectivity index (χ4n) is 0.778. The fraction of sp³-hybridized carbons (Fsp3) is 0.500. The third-order valence-electron chi connectivity index (χ3n) is 1.36. The molecule has 0 aliphatic carbocycles. The lowest BCUT2D eigenvalue weighted by Gasteiger charge is -1.85. The number of nitrogens with zero attached hydrogens (tertiary/aromatic N) is 2. The maximum atomic E-state index is 10.9. The van der Waals surface area contributed by atoms with Crippen LogP contribution in [0.1, 0.15) is 0 Å². The van der Waals surface area contributed by atoms with E-state index in [9.17, 15) is 4.79 Å². The zero-order chi connectivity index (χ0) is 7.56. The Morgan fingerprint density at radius 2 is 2.30 bits per heavy atom. The Morgan fingerprint density at radius 3 is 2.60 bits per heavy atom. The van der Waals surface area contributed by atoms with Crippen molar-refractivity contribution in [2.45, 2.75) is 11.6 Å². The molecule has 0 saturated carbocycles. The zero-order valence-electron chi connectivity index (χ0n) is 6.22. The van der Waals surface area contributed by atoms with Crippen molar-refractivity contribution < 1.29 is 0 Å². The largest absolute Gasteiger partial charge is 0.426 e. The van der Waals surface area contributed by atoms with Crippen molar-refractivity contribution in [3.05, 3.63) is 10.5 Å².